The molecule has 1 aromatic carbocycles. The van der Waals surface area contributed by atoms with Crippen LogP contribution in [0.4, 0.5) is 0 Å². The van der Waals surface area contributed by atoms with Crippen LogP contribution in [-0.2, 0) is 13.5 Å². The third-order valence-electron chi connectivity index (χ3n) is 3.60. The summed E-state index contributed by atoms with van der Waals surface area (Å²) in [6.07, 6.45) is 0.561. The van der Waals surface area contributed by atoms with Crippen molar-refractivity contribution >= 4 is 17.5 Å². The topological polar surface area (TPSA) is 104 Å². The highest BCUT2D eigenvalue weighted by molar-refractivity contribution is 6.30. The summed E-state index contributed by atoms with van der Waals surface area (Å²) < 4.78 is 1.05. The number of benzene rings is 1. The lowest BCUT2D eigenvalue weighted by atomic mass is 10.1. The van der Waals surface area contributed by atoms with Crippen LogP contribution >= 0.6 is 11.6 Å². The summed E-state index contributed by atoms with van der Waals surface area (Å²) in [5.74, 6) is -0.740. The summed E-state index contributed by atoms with van der Waals surface area (Å²) in [5.41, 5.74) is 7.29. The van der Waals surface area contributed by atoms with E-state index >= 15 is 0 Å². The minimum Gasteiger partial charge on any atom is -0.364 e. The zero-order valence-corrected chi connectivity index (χ0v) is 14.1. The van der Waals surface area contributed by atoms with E-state index in [2.05, 4.69) is 15.3 Å². The predicted octanol–water partition coefficient (Wildman–Crippen LogP) is 1.58. The van der Waals surface area contributed by atoms with Gasteiger partial charge in [-0.1, -0.05) is 23.7 Å². The quantitative estimate of drug-likeness (QED) is 0.765. The second-order valence-corrected chi connectivity index (χ2v) is 5.89. The van der Waals surface area contributed by atoms with E-state index in [-0.39, 0.29) is 16.8 Å². The molecule has 0 saturated carbocycles. The van der Waals surface area contributed by atoms with Gasteiger partial charge in [0, 0.05) is 30.1 Å². The Balaban J connectivity index is 1.94. The van der Waals surface area contributed by atoms with Crippen LogP contribution in [0, 0.1) is 0 Å². The molecule has 1 amide bonds. The van der Waals surface area contributed by atoms with E-state index in [4.69, 9.17) is 17.3 Å². The first-order valence-electron chi connectivity index (χ1n) is 7.39. The molecule has 25 heavy (non-hydrogen) atoms. The van der Waals surface area contributed by atoms with Gasteiger partial charge in [-0.25, -0.2) is 4.68 Å². The zero-order valence-electron chi connectivity index (χ0n) is 13.3. The average Bonchev–Trinajstić information content (AvgIpc) is 2.57. The van der Waals surface area contributed by atoms with Gasteiger partial charge >= 0.3 is 0 Å². The summed E-state index contributed by atoms with van der Waals surface area (Å²) in [5, 5.41) is 12.8. The minimum atomic E-state index is -0.740. The van der Waals surface area contributed by atoms with Gasteiger partial charge in [-0.2, -0.15) is 15.3 Å². The van der Waals surface area contributed by atoms with Gasteiger partial charge in [0.1, 0.15) is 0 Å². The van der Waals surface area contributed by atoms with Crippen molar-refractivity contribution < 1.29 is 4.79 Å². The number of nitrogens with zero attached hydrogens (tertiary/aromatic N) is 4. The summed E-state index contributed by atoms with van der Waals surface area (Å²) in [4.78, 5) is 23.4. The Morgan fingerprint density at radius 3 is 2.64 bits per heavy atom. The molecule has 7 nitrogen and oxygen atoms in total. The van der Waals surface area contributed by atoms with E-state index < -0.39 is 5.91 Å². The van der Waals surface area contributed by atoms with Crippen molar-refractivity contribution in [3.63, 3.8) is 0 Å². The Hall–Kier alpha value is -3.06. The molecule has 0 aliphatic rings. The molecule has 0 spiro atoms. The predicted molar refractivity (Wildman–Crippen MR) is 93.3 cm³/mol. The second-order valence-electron chi connectivity index (χ2n) is 5.45. The Morgan fingerprint density at radius 1 is 1.20 bits per heavy atom. The maximum Gasteiger partial charge on any atom is 0.269 e. The number of carbonyl (C=O) groups is 1. The fraction of sp³-hybridized carbons (Fsp3) is 0.118. The number of hydrogen-bond acceptors (Lipinski definition) is 5. The molecule has 0 unspecified atom stereocenters. The van der Waals surface area contributed by atoms with Crippen LogP contribution in [0.2, 0.25) is 5.02 Å². The Morgan fingerprint density at radius 2 is 2.00 bits per heavy atom. The van der Waals surface area contributed by atoms with Gasteiger partial charge < -0.3 is 5.73 Å². The molecule has 0 bridgehead atoms. The third kappa shape index (κ3) is 3.72. The molecule has 3 rings (SSSR count). The fourth-order valence-corrected chi connectivity index (χ4v) is 2.58. The van der Waals surface area contributed by atoms with Crippen LogP contribution in [0.5, 0.6) is 0 Å². The fourth-order valence-electron chi connectivity index (χ4n) is 2.37. The van der Waals surface area contributed by atoms with Gasteiger partial charge in [-0.15, -0.1) is 0 Å². The van der Waals surface area contributed by atoms with Crippen LogP contribution in [0.25, 0.3) is 11.3 Å². The lowest BCUT2D eigenvalue weighted by Crippen LogP contribution is -2.25. The van der Waals surface area contributed by atoms with Gasteiger partial charge in [0.15, 0.2) is 5.69 Å². The number of aromatic nitrogens is 4. The van der Waals surface area contributed by atoms with Crippen molar-refractivity contribution in [2.24, 2.45) is 12.8 Å². The smallest absolute Gasteiger partial charge is 0.269 e. The average molecular weight is 356 g/mol. The van der Waals surface area contributed by atoms with Gasteiger partial charge in [0.05, 0.1) is 11.4 Å². The van der Waals surface area contributed by atoms with Crippen LogP contribution in [-0.4, -0.2) is 25.9 Å². The van der Waals surface area contributed by atoms with Crippen LogP contribution in [0.1, 0.15) is 21.7 Å². The van der Waals surface area contributed by atoms with E-state index in [1.165, 1.54) is 13.1 Å². The van der Waals surface area contributed by atoms with E-state index in [0.29, 0.717) is 17.1 Å². The van der Waals surface area contributed by atoms with Crippen LogP contribution < -0.4 is 11.3 Å². The van der Waals surface area contributed by atoms with Crippen molar-refractivity contribution in [2.75, 3.05) is 0 Å². The summed E-state index contributed by atoms with van der Waals surface area (Å²) >= 11 is 5.97. The van der Waals surface area contributed by atoms with Gasteiger partial charge in [0.25, 0.3) is 11.5 Å². The first-order chi connectivity index (χ1) is 11.9. The molecule has 2 aromatic heterocycles. The molecular formula is C17H14ClN5O2. The molecular weight excluding hydrogens is 342 g/mol. The standard InChI is InChI=1S/C17H14ClN5O2/c1-23-15(24)9-13(16(22-23)17(19)25)14-6-5-12(20-21-14)8-10-3-2-4-11(18)7-10/h2-7,9H,8H2,1H3,(H2,19,25). The first kappa shape index (κ1) is 16.8. The number of primary amides is 1. The number of nitrogens with two attached hydrogens (primary N) is 1. The molecule has 0 aliphatic carbocycles. The Labute approximate surface area is 148 Å². The maximum atomic E-state index is 11.8. The summed E-state index contributed by atoms with van der Waals surface area (Å²) in [6.45, 7) is 0. The molecule has 0 radical (unpaired) electrons. The van der Waals surface area contributed by atoms with Crippen molar-refractivity contribution in [1.82, 2.24) is 20.0 Å². The highest BCUT2D eigenvalue weighted by atomic mass is 35.5. The van der Waals surface area contributed by atoms with Crippen LogP contribution in [0.3, 0.4) is 0 Å². The maximum absolute atomic E-state index is 11.8. The molecule has 0 saturated heterocycles. The first-order valence-corrected chi connectivity index (χ1v) is 7.77. The minimum absolute atomic E-state index is 0.0287. The Bertz CT molecular complexity index is 999. The molecule has 2 heterocycles. The molecule has 0 atom stereocenters. The summed E-state index contributed by atoms with van der Waals surface area (Å²) in [7, 11) is 1.44. The number of halogens is 1. The lowest BCUT2D eigenvalue weighted by molar-refractivity contribution is 0.0994. The SMILES string of the molecule is Cn1nc(C(N)=O)c(-c2ccc(Cc3cccc(Cl)c3)nn2)cc1=O. The second kappa shape index (κ2) is 6.82. The highest BCUT2D eigenvalue weighted by Crippen LogP contribution is 2.19. The monoisotopic (exact) mass is 355 g/mol. The van der Waals surface area contributed by atoms with Crippen LogP contribution in [0.15, 0.2) is 47.3 Å². The van der Waals surface area contributed by atoms with Crippen molar-refractivity contribution in [1.29, 1.82) is 0 Å². The van der Waals surface area contributed by atoms with E-state index in [1.54, 1.807) is 18.2 Å². The number of aryl methyl sites for hydroxylation is 1. The molecule has 0 fully saturated rings. The molecule has 2 N–H and O–H groups in total. The number of amides is 1. The van der Waals surface area contributed by atoms with E-state index in [9.17, 15) is 9.59 Å². The number of hydrogen-bond donors (Lipinski definition) is 1. The molecule has 8 heteroatoms. The summed E-state index contributed by atoms with van der Waals surface area (Å²) in [6, 6.07) is 12.2. The highest BCUT2D eigenvalue weighted by Gasteiger charge is 2.16. The zero-order chi connectivity index (χ0) is 18.0. The number of rotatable bonds is 4. The van der Waals surface area contributed by atoms with E-state index in [0.717, 1.165) is 15.9 Å². The lowest BCUT2D eigenvalue weighted by Gasteiger charge is -2.07. The Kier molecular flexibility index (Phi) is 4.58. The van der Waals surface area contributed by atoms with E-state index in [1.807, 2.05) is 18.2 Å². The van der Waals surface area contributed by atoms with Crippen molar-refractivity contribution in [3.8, 4) is 11.3 Å². The molecule has 0 aliphatic heterocycles. The largest absolute Gasteiger partial charge is 0.364 e. The molecule has 3 aromatic rings. The normalized spacial score (nSPS) is 10.6. The third-order valence-corrected chi connectivity index (χ3v) is 3.83. The van der Waals surface area contributed by atoms with Crippen molar-refractivity contribution in [3.05, 3.63) is 74.8 Å². The number of carbonyl (C=O) groups excluding carboxylic acids is 1. The molecule has 126 valence electrons. The van der Waals surface area contributed by atoms with Crippen molar-refractivity contribution in [2.45, 2.75) is 6.42 Å². The van der Waals surface area contributed by atoms with Gasteiger partial charge in [0.2, 0.25) is 0 Å². The van der Waals surface area contributed by atoms with Gasteiger partial charge in [-0.3, -0.25) is 9.59 Å². The van der Waals surface area contributed by atoms with Gasteiger partial charge in [-0.05, 0) is 29.8 Å².